The Labute approximate surface area is 223 Å². The third kappa shape index (κ3) is 5.18. The van der Waals surface area contributed by atoms with Crippen LogP contribution in [0.2, 0.25) is 0 Å². The molecular formula is C26H27F2N3O7S. The summed E-state index contributed by atoms with van der Waals surface area (Å²) in [6.45, 7) is 0.482. The Hall–Kier alpha value is -4.00. The van der Waals surface area contributed by atoms with Gasteiger partial charge in [-0.05, 0) is 42.8 Å². The largest absolute Gasteiger partial charge is 0.494 e. The number of carbonyl (C=O) groups excluding carboxylic acids is 1. The number of benzene rings is 2. The molecule has 3 aromatic rings. The lowest BCUT2D eigenvalue weighted by atomic mass is 10.1. The van der Waals surface area contributed by atoms with E-state index >= 15 is 0 Å². The van der Waals surface area contributed by atoms with Gasteiger partial charge in [-0.3, -0.25) is 14.2 Å². The molecule has 13 heteroatoms. The van der Waals surface area contributed by atoms with Crippen LogP contribution < -0.4 is 15.0 Å². The average molecular weight is 564 g/mol. The van der Waals surface area contributed by atoms with E-state index in [-0.39, 0.29) is 35.0 Å². The summed E-state index contributed by atoms with van der Waals surface area (Å²) in [5.41, 5.74) is -1.01. The molecular weight excluding hydrogens is 536 g/mol. The van der Waals surface area contributed by atoms with Gasteiger partial charge in [-0.25, -0.2) is 17.2 Å². The van der Waals surface area contributed by atoms with Gasteiger partial charge in [-0.2, -0.15) is 4.98 Å². The lowest BCUT2D eigenvalue weighted by Gasteiger charge is -2.38. The molecule has 1 aliphatic heterocycles. The zero-order valence-corrected chi connectivity index (χ0v) is 22.3. The molecule has 1 fully saturated rings. The van der Waals surface area contributed by atoms with Gasteiger partial charge in [-0.1, -0.05) is 19.4 Å². The number of hydrogen-bond acceptors (Lipinski definition) is 8. The monoisotopic (exact) mass is 563 g/mol. The molecule has 0 radical (unpaired) electrons. The highest BCUT2D eigenvalue weighted by atomic mass is 32.2. The maximum Gasteiger partial charge on any atom is 0.296 e. The predicted octanol–water partition coefficient (Wildman–Crippen LogP) is 3.22. The number of alkyl halides is 2. The predicted molar refractivity (Wildman–Crippen MR) is 136 cm³/mol. The van der Waals surface area contributed by atoms with E-state index in [0.717, 1.165) is 40.2 Å². The molecule has 1 aromatic heterocycles. The van der Waals surface area contributed by atoms with Gasteiger partial charge in [0.15, 0.2) is 4.90 Å². The fraction of sp³-hybridized carbons (Fsp3) is 0.346. The van der Waals surface area contributed by atoms with Crippen molar-refractivity contribution in [3.63, 3.8) is 0 Å². The van der Waals surface area contributed by atoms with Crippen molar-refractivity contribution >= 4 is 15.7 Å². The van der Waals surface area contributed by atoms with E-state index in [9.17, 15) is 31.9 Å². The maximum atomic E-state index is 13.6. The number of para-hydroxylation sites is 1. The van der Waals surface area contributed by atoms with Crippen molar-refractivity contribution in [3.8, 4) is 23.1 Å². The van der Waals surface area contributed by atoms with Crippen LogP contribution in [-0.2, 0) is 16.3 Å². The quantitative estimate of drug-likeness (QED) is 0.420. The van der Waals surface area contributed by atoms with Crippen LogP contribution in [0.4, 0.5) is 8.78 Å². The number of ether oxygens (including phenoxy) is 2. The average Bonchev–Trinajstić information content (AvgIpc) is 2.89. The Kier molecular flexibility index (Phi) is 7.64. The highest BCUT2D eigenvalue weighted by molar-refractivity contribution is 7.91. The number of halogens is 2. The summed E-state index contributed by atoms with van der Waals surface area (Å²) in [6.07, 6.45) is 1.57. The summed E-state index contributed by atoms with van der Waals surface area (Å²) in [7, 11) is -1.88. The number of sulfone groups is 1. The van der Waals surface area contributed by atoms with Crippen LogP contribution in [0.3, 0.4) is 0 Å². The van der Waals surface area contributed by atoms with Gasteiger partial charge in [0.1, 0.15) is 23.0 Å². The molecule has 0 aliphatic carbocycles. The lowest BCUT2D eigenvalue weighted by Crippen LogP contribution is -2.58. The fourth-order valence-corrected chi connectivity index (χ4v) is 5.63. The minimum absolute atomic E-state index is 0.00196. The topological polar surface area (TPSA) is 128 Å². The van der Waals surface area contributed by atoms with E-state index in [1.54, 1.807) is 18.2 Å². The summed E-state index contributed by atoms with van der Waals surface area (Å²) in [4.78, 5) is 29.0. The van der Waals surface area contributed by atoms with Gasteiger partial charge < -0.3 is 19.5 Å². The van der Waals surface area contributed by atoms with Crippen LogP contribution in [0.1, 0.15) is 35.9 Å². The van der Waals surface area contributed by atoms with E-state index in [0.29, 0.717) is 6.42 Å². The van der Waals surface area contributed by atoms with E-state index in [4.69, 9.17) is 9.47 Å². The molecule has 2 heterocycles. The number of carbonyl (C=O) groups is 1. The van der Waals surface area contributed by atoms with Gasteiger partial charge in [0.2, 0.25) is 15.7 Å². The minimum atomic E-state index is -4.65. The maximum absolute atomic E-state index is 13.6. The third-order valence-electron chi connectivity index (χ3n) is 6.29. The second kappa shape index (κ2) is 10.6. The fourth-order valence-electron chi connectivity index (χ4n) is 4.29. The van der Waals surface area contributed by atoms with E-state index in [1.165, 1.54) is 14.2 Å². The van der Waals surface area contributed by atoms with Crippen molar-refractivity contribution in [1.29, 1.82) is 0 Å². The van der Waals surface area contributed by atoms with Crippen molar-refractivity contribution < 1.29 is 36.6 Å². The standard InChI is InChI=1S/C26H27F2N3O7S/c1-4-5-9-20-29-23(32)22(25(34)31(20)21-18(37-2)7-6-8-19(21)38-3)39(35,36)17-12-10-16(11-13-17)24(33)30-14-26(27,28)15-30/h6-8,10-13,34H,4-5,9,14-15H2,1-3H3. The van der Waals surface area contributed by atoms with Crippen LogP contribution >= 0.6 is 0 Å². The first-order chi connectivity index (χ1) is 18.4. The summed E-state index contributed by atoms with van der Waals surface area (Å²) in [5, 5.41) is 11.3. The van der Waals surface area contributed by atoms with E-state index < -0.39 is 56.0 Å². The number of methoxy groups -OCH3 is 2. The minimum Gasteiger partial charge on any atom is -0.494 e. The Bertz CT molecular complexity index is 1540. The van der Waals surface area contributed by atoms with Crippen molar-refractivity contribution in [1.82, 2.24) is 14.5 Å². The first-order valence-corrected chi connectivity index (χ1v) is 13.5. The van der Waals surface area contributed by atoms with Gasteiger partial charge in [-0.15, -0.1) is 0 Å². The number of likely N-dealkylation sites (tertiary alicyclic amines) is 1. The Morgan fingerprint density at radius 3 is 2.18 bits per heavy atom. The number of aromatic nitrogens is 2. The summed E-state index contributed by atoms with van der Waals surface area (Å²) in [6, 6.07) is 9.26. The molecule has 1 amide bonds. The second-order valence-electron chi connectivity index (χ2n) is 8.98. The molecule has 0 saturated carbocycles. The first kappa shape index (κ1) is 28.0. The van der Waals surface area contributed by atoms with Gasteiger partial charge in [0.25, 0.3) is 17.4 Å². The van der Waals surface area contributed by atoms with Crippen molar-refractivity contribution in [2.75, 3.05) is 27.3 Å². The Morgan fingerprint density at radius 2 is 1.67 bits per heavy atom. The normalized spacial score (nSPS) is 14.5. The van der Waals surface area contributed by atoms with Crippen molar-refractivity contribution in [2.45, 2.75) is 41.9 Å². The lowest BCUT2D eigenvalue weighted by molar-refractivity contribution is -0.113. The molecule has 2 aromatic carbocycles. The SMILES string of the molecule is CCCCc1nc(=O)c(S(=O)(=O)c2ccc(C(=O)N3CC(F)(F)C3)cc2)c(O)n1-c1c(OC)cccc1OC. The summed E-state index contributed by atoms with van der Waals surface area (Å²) in [5.74, 6) is -3.94. The molecule has 1 aliphatic rings. The molecule has 4 rings (SSSR count). The number of unbranched alkanes of at least 4 members (excludes halogenated alkanes) is 1. The Balaban J connectivity index is 1.84. The molecule has 10 nitrogen and oxygen atoms in total. The summed E-state index contributed by atoms with van der Waals surface area (Å²) < 4.78 is 65.5. The van der Waals surface area contributed by atoms with Crippen LogP contribution in [0, 0.1) is 0 Å². The Morgan fingerprint density at radius 1 is 1.08 bits per heavy atom. The molecule has 208 valence electrons. The number of nitrogens with zero attached hydrogens (tertiary/aromatic N) is 3. The molecule has 0 atom stereocenters. The van der Waals surface area contributed by atoms with E-state index in [1.807, 2.05) is 6.92 Å². The zero-order valence-electron chi connectivity index (χ0n) is 21.5. The molecule has 0 bridgehead atoms. The number of hydrogen-bond donors (Lipinski definition) is 1. The molecule has 0 unspecified atom stereocenters. The van der Waals surface area contributed by atoms with Crippen molar-refractivity contribution in [2.24, 2.45) is 0 Å². The van der Waals surface area contributed by atoms with Gasteiger partial charge in [0, 0.05) is 12.0 Å². The molecule has 1 saturated heterocycles. The number of amides is 1. The zero-order chi connectivity index (χ0) is 28.5. The van der Waals surface area contributed by atoms with Crippen LogP contribution in [0.25, 0.3) is 5.69 Å². The van der Waals surface area contributed by atoms with Crippen LogP contribution in [0.5, 0.6) is 17.4 Å². The number of rotatable bonds is 9. The van der Waals surface area contributed by atoms with Gasteiger partial charge in [0.05, 0.1) is 32.2 Å². The second-order valence-corrected chi connectivity index (χ2v) is 10.9. The highest BCUT2D eigenvalue weighted by Crippen LogP contribution is 2.38. The molecule has 0 spiro atoms. The van der Waals surface area contributed by atoms with Crippen molar-refractivity contribution in [3.05, 3.63) is 64.2 Å². The first-order valence-electron chi connectivity index (χ1n) is 12.0. The van der Waals surface area contributed by atoms with Crippen LogP contribution in [0.15, 0.2) is 57.1 Å². The third-order valence-corrected chi connectivity index (χ3v) is 8.08. The smallest absolute Gasteiger partial charge is 0.296 e. The summed E-state index contributed by atoms with van der Waals surface area (Å²) >= 11 is 0. The molecule has 1 N–H and O–H groups in total. The van der Waals surface area contributed by atoms with E-state index in [2.05, 4.69) is 4.98 Å². The number of aryl methyl sites for hydroxylation is 1. The van der Waals surface area contributed by atoms with Crippen LogP contribution in [-0.4, -0.2) is 67.1 Å². The van der Waals surface area contributed by atoms with Gasteiger partial charge >= 0.3 is 0 Å². The number of aromatic hydroxyl groups is 1. The molecule has 39 heavy (non-hydrogen) atoms. The highest BCUT2D eigenvalue weighted by Gasteiger charge is 2.46.